The molecule has 2 heteroatoms. The maximum atomic E-state index is 5.12. The molecule has 0 radical (unpaired) electrons. The third-order valence-corrected chi connectivity index (χ3v) is 6.03. The van der Waals surface area contributed by atoms with Crippen LogP contribution in [0.5, 0.6) is 0 Å². The summed E-state index contributed by atoms with van der Waals surface area (Å²) >= 11 is 0. The number of fused-ring (bicyclic) bond motifs is 1. The molecule has 0 aliphatic carbocycles. The average molecular weight is 423 g/mol. The number of rotatable bonds is 4. The Hall–Kier alpha value is -4.43. The molecule has 0 saturated heterocycles. The van der Waals surface area contributed by atoms with E-state index in [1.807, 2.05) is 18.2 Å². The number of nitrogens with zero attached hydrogens (tertiary/aromatic N) is 1. The molecule has 0 bridgehead atoms. The number of imidazole rings is 1. The highest BCUT2D eigenvalue weighted by atomic mass is 14.9. The molecule has 156 valence electrons. The van der Waals surface area contributed by atoms with Gasteiger partial charge in [-0.1, -0.05) is 121 Å². The fraction of sp³-hybridized carbons (Fsp3) is 0. The topological polar surface area (TPSA) is 28.7 Å². The quantitative estimate of drug-likeness (QED) is 0.304. The van der Waals surface area contributed by atoms with Crippen LogP contribution in [-0.4, -0.2) is 9.97 Å². The van der Waals surface area contributed by atoms with Crippen LogP contribution in [0.25, 0.3) is 55.8 Å². The van der Waals surface area contributed by atoms with Crippen LogP contribution in [0.3, 0.4) is 0 Å². The Morgan fingerprint density at radius 1 is 0.455 bits per heavy atom. The summed E-state index contributed by atoms with van der Waals surface area (Å²) in [6, 6.07) is 44.4. The van der Waals surface area contributed by atoms with Crippen LogP contribution in [0, 0.1) is 0 Å². The van der Waals surface area contributed by atoms with Crippen LogP contribution in [0.15, 0.2) is 127 Å². The van der Waals surface area contributed by atoms with E-state index in [-0.39, 0.29) is 0 Å². The SMILES string of the molecule is c1ccc(-c2nc3c(-c4ccccc4)c(-c4ccccc4)c(-c4ccccc4)cc3[nH]2)cc1. The smallest absolute Gasteiger partial charge is 0.138 e. The Kier molecular flexibility index (Phi) is 4.82. The molecule has 6 rings (SSSR count). The van der Waals surface area contributed by atoms with E-state index in [2.05, 4.69) is 114 Å². The highest BCUT2D eigenvalue weighted by Gasteiger charge is 2.20. The number of nitrogens with one attached hydrogen (secondary N) is 1. The monoisotopic (exact) mass is 422 g/mol. The lowest BCUT2D eigenvalue weighted by molar-refractivity contribution is 1.34. The van der Waals surface area contributed by atoms with Gasteiger partial charge in [0.1, 0.15) is 5.82 Å². The van der Waals surface area contributed by atoms with Crippen molar-refractivity contribution in [3.8, 4) is 44.8 Å². The Labute approximate surface area is 193 Å². The molecule has 0 aliphatic heterocycles. The fourth-order valence-corrected chi connectivity index (χ4v) is 4.52. The minimum absolute atomic E-state index is 0.881. The van der Waals surface area contributed by atoms with E-state index in [1.54, 1.807) is 0 Å². The van der Waals surface area contributed by atoms with Crippen molar-refractivity contribution in [2.75, 3.05) is 0 Å². The molecule has 0 aliphatic rings. The van der Waals surface area contributed by atoms with Crippen LogP contribution in [-0.2, 0) is 0 Å². The van der Waals surface area contributed by atoms with Gasteiger partial charge >= 0.3 is 0 Å². The third kappa shape index (κ3) is 3.52. The van der Waals surface area contributed by atoms with Gasteiger partial charge in [0, 0.05) is 11.1 Å². The number of aromatic nitrogens is 2. The molecule has 6 aromatic rings. The number of hydrogen-bond donors (Lipinski definition) is 1. The van der Waals surface area contributed by atoms with E-state index >= 15 is 0 Å². The van der Waals surface area contributed by atoms with Crippen molar-refractivity contribution in [2.24, 2.45) is 0 Å². The third-order valence-electron chi connectivity index (χ3n) is 6.03. The van der Waals surface area contributed by atoms with E-state index in [4.69, 9.17) is 4.98 Å². The van der Waals surface area contributed by atoms with E-state index in [9.17, 15) is 0 Å². The minimum Gasteiger partial charge on any atom is -0.338 e. The molecule has 0 amide bonds. The number of aromatic amines is 1. The van der Waals surface area contributed by atoms with Gasteiger partial charge in [0.15, 0.2) is 0 Å². The highest BCUT2D eigenvalue weighted by Crippen LogP contribution is 2.44. The molecule has 2 nitrogen and oxygen atoms in total. The van der Waals surface area contributed by atoms with Crippen molar-refractivity contribution in [1.29, 1.82) is 0 Å². The molecule has 5 aromatic carbocycles. The molecule has 33 heavy (non-hydrogen) atoms. The maximum absolute atomic E-state index is 5.12. The molecule has 1 heterocycles. The largest absolute Gasteiger partial charge is 0.338 e. The van der Waals surface area contributed by atoms with E-state index < -0.39 is 0 Å². The first-order valence-corrected chi connectivity index (χ1v) is 11.2. The Morgan fingerprint density at radius 2 is 0.909 bits per heavy atom. The molecule has 0 saturated carbocycles. The van der Waals surface area contributed by atoms with Crippen molar-refractivity contribution >= 4 is 11.0 Å². The number of benzene rings is 5. The zero-order valence-electron chi connectivity index (χ0n) is 18.1. The lowest BCUT2D eigenvalue weighted by Gasteiger charge is -2.17. The van der Waals surface area contributed by atoms with E-state index in [1.165, 1.54) is 22.3 Å². The van der Waals surface area contributed by atoms with Crippen LogP contribution < -0.4 is 0 Å². The molecule has 1 N–H and O–H groups in total. The van der Waals surface area contributed by atoms with Gasteiger partial charge in [-0.05, 0) is 33.9 Å². The van der Waals surface area contributed by atoms with Gasteiger partial charge in [-0.15, -0.1) is 0 Å². The summed E-state index contributed by atoms with van der Waals surface area (Å²) in [5, 5.41) is 0. The molecule has 0 unspecified atom stereocenters. The number of hydrogen-bond acceptors (Lipinski definition) is 1. The Balaban J connectivity index is 1.75. The molecule has 0 spiro atoms. The Morgan fingerprint density at radius 3 is 1.45 bits per heavy atom. The van der Waals surface area contributed by atoms with Crippen molar-refractivity contribution < 1.29 is 0 Å². The highest BCUT2D eigenvalue weighted by molar-refractivity contribution is 6.08. The minimum atomic E-state index is 0.881. The first-order valence-electron chi connectivity index (χ1n) is 11.2. The zero-order chi connectivity index (χ0) is 22.0. The summed E-state index contributed by atoms with van der Waals surface area (Å²) in [6.07, 6.45) is 0. The number of H-pyrrole nitrogens is 1. The van der Waals surface area contributed by atoms with Crippen molar-refractivity contribution in [3.05, 3.63) is 127 Å². The second-order valence-corrected chi connectivity index (χ2v) is 8.12. The predicted octanol–water partition coefficient (Wildman–Crippen LogP) is 8.23. The van der Waals surface area contributed by atoms with Gasteiger partial charge < -0.3 is 4.98 Å². The van der Waals surface area contributed by atoms with Crippen molar-refractivity contribution in [1.82, 2.24) is 9.97 Å². The van der Waals surface area contributed by atoms with Crippen LogP contribution in [0.4, 0.5) is 0 Å². The summed E-state index contributed by atoms with van der Waals surface area (Å²) in [5.74, 6) is 0.881. The average Bonchev–Trinajstić information content (AvgIpc) is 3.34. The Bertz CT molecular complexity index is 1520. The van der Waals surface area contributed by atoms with Crippen molar-refractivity contribution in [2.45, 2.75) is 0 Å². The lowest BCUT2D eigenvalue weighted by atomic mass is 9.86. The molecular formula is C31H22N2. The van der Waals surface area contributed by atoms with E-state index in [0.29, 0.717) is 0 Å². The normalized spacial score (nSPS) is 11.0. The second-order valence-electron chi connectivity index (χ2n) is 8.12. The first-order chi connectivity index (χ1) is 16.4. The molecule has 0 fully saturated rings. The maximum Gasteiger partial charge on any atom is 0.138 e. The van der Waals surface area contributed by atoms with Crippen LogP contribution >= 0.6 is 0 Å². The summed E-state index contributed by atoms with van der Waals surface area (Å²) in [7, 11) is 0. The predicted molar refractivity (Wildman–Crippen MR) is 138 cm³/mol. The van der Waals surface area contributed by atoms with Gasteiger partial charge in [0.2, 0.25) is 0 Å². The molecule has 1 aromatic heterocycles. The molecular weight excluding hydrogens is 400 g/mol. The van der Waals surface area contributed by atoms with Gasteiger partial charge in [0.25, 0.3) is 0 Å². The van der Waals surface area contributed by atoms with Gasteiger partial charge in [0.05, 0.1) is 11.0 Å². The zero-order valence-corrected chi connectivity index (χ0v) is 18.1. The summed E-state index contributed by atoms with van der Waals surface area (Å²) < 4.78 is 0. The second kappa shape index (κ2) is 8.25. The lowest BCUT2D eigenvalue weighted by Crippen LogP contribution is -1.92. The summed E-state index contributed by atoms with van der Waals surface area (Å²) in [4.78, 5) is 8.72. The van der Waals surface area contributed by atoms with Crippen LogP contribution in [0.1, 0.15) is 0 Å². The summed E-state index contributed by atoms with van der Waals surface area (Å²) in [6.45, 7) is 0. The molecule has 0 atom stereocenters. The van der Waals surface area contributed by atoms with Crippen molar-refractivity contribution in [3.63, 3.8) is 0 Å². The summed E-state index contributed by atoms with van der Waals surface area (Å²) in [5.41, 5.74) is 10.2. The van der Waals surface area contributed by atoms with Gasteiger partial charge in [-0.3, -0.25) is 0 Å². The van der Waals surface area contributed by atoms with Crippen LogP contribution in [0.2, 0.25) is 0 Å². The fourth-order valence-electron chi connectivity index (χ4n) is 4.52. The van der Waals surface area contributed by atoms with Gasteiger partial charge in [-0.2, -0.15) is 0 Å². The van der Waals surface area contributed by atoms with E-state index in [0.717, 1.165) is 33.5 Å². The standard InChI is InChI=1S/C31H22N2/c1-5-13-22(14-6-1)26-21-27-30(33-31(32-27)25-19-11-4-12-20-25)29(24-17-9-3-10-18-24)28(26)23-15-7-2-8-16-23/h1-21H,(H,32,33). The first kappa shape index (κ1) is 19.3. The van der Waals surface area contributed by atoms with Gasteiger partial charge in [-0.25, -0.2) is 4.98 Å².